The number of amides is 1. The zero-order valence-electron chi connectivity index (χ0n) is 15.6. The zero-order chi connectivity index (χ0) is 17.8. The van der Waals surface area contributed by atoms with Gasteiger partial charge in [0.1, 0.15) is 5.60 Å². The van der Waals surface area contributed by atoms with Crippen LogP contribution in [0.4, 0.5) is 4.79 Å². The fourth-order valence-electron chi connectivity index (χ4n) is 3.71. The van der Waals surface area contributed by atoms with Gasteiger partial charge in [-0.05, 0) is 66.5 Å². The third kappa shape index (κ3) is 4.85. The Hall–Kier alpha value is -1.30. The van der Waals surface area contributed by atoms with Crippen LogP contribution in [0.15, 0.2) is 0 Å². The van der Waals surface area contributed by atoms with E-state index in [2.05, 4.69) is 4.90 Å². The Morgan fingerprint density at radius 2 is 1.62 bits per heavy atom. The van der Waals surface area contributed by atoms with Crippen LogP contribution in [0.1, 0.15) is 59.8 Å². The van der Waals surface area contributed by atoms with Gasteiger partial charge in [-0.2, -0.15) is 0 Å². The van der Waals surface area contributed by atoms with Crippen molar-refractivity contribution in [2.75, 3.05) is 32.8 Å². The molecule has 138 valence electrons. The van der Waals surface area contributed by atoms with Gasteiger partial charge in [0.15, 0.2) is 0 Å². The van der Waals surface area contributed by atoms with Crippen molar-refractivity contribution in [1.29, 1.82) is 0 Å². The lowest BCUT2D eigenvalue weighted by Gasteiger charge is -2.47. The van der Waals surface area contributed by atoms with Gasteiger partial charge in [0.25, 0.3) is 0 Å². The number of hydrogen-bond acceptors (Lipinski definition) is 5. The number of carbonyl (C=O) groups is 2. The summed E-state index contributed by atoms with van der Waals surface area (Å²) in [5.41, 5.74) is -0.646. The Kier molecular flexibility index (Phi) is 6.12. The number of carbonyl (C=O) groups excluding carboxylic acids is 2. The third-order valence-corrected chi connectivity index (χ3v) is 4.90. The van der Waals surface area contributed by atoms with Crippen molar-refractivity contribution < 1.29 is 19.1 Å². The van der Waals surface area contributed by atoms with Gasteiger partial charge in [-0.15, -0.1) is 0 Å². The molecule has 2 aliphatic rings. The zero-order valence-corrected chi connectivity index (χ0v) is 15.6. The summed E-state index contributed by atoms with van der Waals surface area (Å²) in [6, 6.07) is 0. The molecule has 6 nitrogen and oxygen atoms in total. The lowest BCUT2D eigenvalue weighted by Crippen LogP contribution is -2.56. The van der Waals surface area contributed by atoms with Crippen molar-refractivity contribution in [3.8, 4) is 0 Å². The smallest absolute Gasteiger partial charge is 0.410 e. The predicted molar refractivity (Wildman–Crippen MR) is 91.8 cm³/mol. The average Bonchev–Trinajstić information content (AvgIpc) is 3.01. The highest BCUT2D eigenvalue weighted by molar-refractivity contribution is 5.71. The standard InChI is InChI=1S/C18H32N2O4/c1-5-23-15(21)14-18(20-10-6-7-11-20)8-12-19(13-9-18)16(22)24-17(2,3)4/h5-14H2,1-4H3. The fourth-order valence-corrected chi connectivity index (χ4v) is 3.71. The van der Waals surface area contributed by atoms with E-state index in [1.807, 2.05) is 27.7 Å². The molecule has 6 heteroatoms. The van der Waals surface area contributed by atoms with Gasteiger partial charge < -0.3 is 14.4 Å². The summed E-state index contributed by atoms with van der Waals surface area (Å²) >= 11 is 0. The second-order valence-electron chi connectivity index (χ2n) is 7.87. The Bertz CT molecular complexity index is 444. The Balaban J connectivity index is 2.01. The summed E-state index contributed by atoms with van der Waals surface area (Å²) in [6.07, 6.45) is 4.12. The van der Waals surface area contributed by atoms with Crippen LogP contribution >= 0.6 is 0 Å². The summed E-state index contributed by atoms with van der Waals surface area (Å²) in [7, 11) is 0. The number of rotatable bonds is 4. The summed E-state index contributed by atoms with van der Waals surface area (Å²) in [6.45, 7) is 11.2. The predicted octanol–water partition coefficient (Wildman–Crippen LogP) is 2.81. The lowest BCUT2D eigenvalue weighted by atomic mass is 9.82. The minimum absolute atomic E-state index is 0.130. The maximum Gasteiger partial charge on any atom is 0.410 e. The Morgan fingerprint density at radius 1 is 1.04 bits per heavy atom. The molecule has 0 aliphatic carbocycles. The first-order valence-electron chi connectivity index (χ1n) is 9.14. The molecule has 2 aliphatic heterocycles. The van der Waals surface area contributed by atoms with Crippen LogP contribution < -0.4 is 0 Å². The largest absolute Gasteiger partial charge is 0.466 e. The molecule has 0 atom stereocenters. The monoisotopic (exact) mass is 340 g/mol. The van der Waals surface area contributed by atoms with Gasteiger partial charge in [-0.1, -0.05) is 0 Å². The molecule has 0 spiro atoms. The summed E-state index contributed by atoms with van der Waals surface area (Å²) < 4.78 is 10.7. The SMILES string of the molecule is CCOC(=O)CC1(N2CCCC2)CCN(C(=O)OC(C)(C)C)CC1. The maximum atomic E-state index is 12.3. The van der Waals surface area contributed by atoms with E-state index in [0.717, 1.165) is 25.9 Å². The number of hydrogen-bond donors (Lipinski definition) is 0. The molecule has 0 unspecified atom stereocenters. The normalized spacial score (nSPS) is 21.6. The van der Waals surface area contributed by atoms with Gasteiger partial charge in [0.2, 0.25) is 0 Å². The number of likely N-dealkylation sites (tertiary alicyclic amines) is 2. The minimum Gasteiger partial charge on any atom is -0.466 e. The molecule has 0 aromatic carbocycles. The van der Waals surface area contributed by atoms with E-state index in [-0.39, 0.29) is 17.6 Å². The van der Waals surface area contributed by atoms with E-state index in [9.17, 15) is 9.59 Å². The molecule has 0 N–H and O–H groups in total. The number of nitrogens with zero attached hydrogens (tertiary/aromatic N) is 2. The van der Waals surface area contributed by atoms with E-state index in [0.29, 0.717) is 26.1 Å². The van der Waals surface area contributed by atoms with Crippen LogP contribution in [0.5, 0.6) is 0 Å². The second kappa shape index (κ2) is 7.72. The summed E-state index contributed by atoms with van der Waals surface area (Å²) in [4.78, 5) is 28.6. The maximum absolute atomic E-state index is 12.3. The van der Waals surface area contributed by atoms with Crippen molar-refractivity contribution in [2.45, 2.75) is 70.9 Å². The topological polar surface area (TPSA) is 59.1 Å². The first-order valence-corrected chi connectivity index (χ1v) is 9.14. The average molecular weight is 340 g/mol. The van der Waals surface area contributed by atoms with Gasteiger partial charge >= 0.3 is 12.1 Å². The van der Waals surface area contributed by atoms with Crippen LogP contribution in [0.2, 0.25) is 0 Å². The molecule has 2 heterocycles. The van der Waals surface area contributed by atoms with Gasteiger partial charge in [-0.3, -0.25) is 9.69 Å². The van der Waals surface area contributed by atoms with Crippen molar-refractivity contribution in [2.24, 2.45) is 0 Å². The van der Waals surface area contributed by atoms with E-state index in [4.69, 9.17) is 9.47 Å². The Labute approximate surface area is 145 Å². The first kappa shape index (κ1) is 19.0. The molecule has 2 saturated heterocycles. The molecule has 0 saturated carbocycles. The summed E-state index contributed by atoms with van der Waals surface area (Å²) in [5.74, 6) is -0.130. The second-order valence-corrected chi connectivity index (χ2v) is 7.87. The van der Waals surface area contributed by atoms with Crippen molar-refractivity contribution in [3.63, 3.8) is 0 Å². The van der Waals surface area contributed by atoms with E-state index in [1.54, 1.807) is 4.90 Å². The molecular formula is C18H32N2O4. The van der Waals surface area contributed by atoms with Crippen molar-refractivity contribution in [1.82, 2.24) is 9.80 Å². The van der Waals surface area contributed by atoms with E-state index in [1.165, 1.54) is 12.8 Å². The number of esters is 1. The lowest BCUT2D eigenvalue weighted by molar-refractivity contribution is -0.147. The number of ether oxygens (including phenoxy) is 2. The highest BCUT2D eigenvalue weighted by atomic mass is 16.6. The first-order chi connectivity index (χ1) is 11.3. The molecule has 24 heavy (non-hydrogen) atoms. The highest BCUT2D eigenvalue weighted by Gasteiger charge is 2.44. The van der Waals surface area contributed by atoms with Crippen LogP contribution in [0.25, 0.3) is 0 Å². The van der Waals surface area contributed by atoms with Gasteiger partial charge in [-0.25, -0.2) is 4.79 Å². The molecule has 0 radical (unpaired) electrons. The molecule has 0 bridgehead atoms. The fraction of sp³-hybridized carbons (Fsp3) is 0.889. The summed E-state index contributed by atoms with van der Waals surface area (Å²) in [5, 5.41) is 0. The van der Waals surface area contributed by atoms with Crippen LogP contribution in [0, 0.1) is 0 Å². The minimum atomic E-state index is -0.481. The molecule has 2 fully saturated rings. The van der Waals surface area contributed by atoms with Crippen molar-refractivity contribution in [3.05, 3.63) is 0 Å². The highest BCUT2D eigenvalue weighted by Crippen LogP contribution is 2.35. The van der Waals surface area contributed by atoms with Crippen molar-refractivity contribution >= 4 is 12.1 Å². The van der Waals surface area contributed by atoms with Crippen LogP contribution in [0.3, 0.4) is 0 Å². The molecule has 0 aromatic heterocycles. The molecule has 1 amide bonds. The van der Waals surface area contributed by atoms with E-state index < -0.39 is 5.60 Å². The Morgan fingerprint density at radius 3 is 2.12 bits per heavy atom. The van der Waals surface area contributed by atoms with Gasteiger partial charge in [0.05, 0.1) is 13.0 Å². The van der Waals surface area contributed by atoms with Crippen LogP contribution in [-0.4, -0.2) is 65.8 Å². The quantitative estimate of drug-likeness (QED) is 0.737. The molecule has 0 aromatic rings. The third-order valence-electron chi connectivity index (χ3n) is 4.90. The van der Waals surface area contributed by atoms with E-state index >= 15 is 0 Å². The molecular weight excluding hydrogens is 308 g/mol. The molecule has 2 rings (SSSR count). The van der Waals surface area contributed by atoms with Crippen LogP contribution in [-0.2, 0) is 14.3 Å². The number of piperidine rings is 1. The van der Waals surface area contributed by atoms with Gasteiger partial charge in [0, 0.05) is 18.6 Å².